The van der Waals surface area contributed by atoms with E-state index in [-0.39, 0.29) is 0 Å². The lowest BCUT2D eigenvalue weighted by molar-refractivity contribution is 0.341. The van der Waals surface area contributed by atoms with Gasteiger partial charge in [0, 0.05) is 23.8 Å². The monoisotopic (exact) mass is 246 g/mol. The summed E-state index contributed by atoms with van der Waals surface area (Å²) in [6.45, 7) is 7.57. The molecule has 3 nitrogen and oxygen atoms in total. The van der Waals surface area contributed by atoms with Crippen LogP contribution in [0.1, 0.15) is 36.6 Å². The molecule has 98 valence electrons. The van der Waals surface area contributed by atoms with E-state index >= 15 is 0 Å². The van der Waals surface area contributed by atoms with Gasteiger partial charge in [-0.1, -0.05) is 12.2 Å². The summed E-state index contributed by atoms with van der Waals surface area (Å²) in [7, 11) is 0. The van der Waals surface area contributed by atoms with Gasteiger partial charge in [0.15, 0.2) is 0 Å². The van der Waals surface area contributed by atoms with Gasteiger partial charge in [0.1, 0.15) is 6.61 Å². The summed E-state index contributed by atoms with van der Waals surface area (Å²) < 4.78 is 5.75. The van der Waals surface area contributed by atoms with Crippen molar-refractivity contribution in [2.75, 3.05) is 6.61 Å². The van der Waals surface area contributed by atoms with Crippen molar-refractivity contribution in [2.45, 2.75) is 46.2 Å². The third kappa shape index (κ3) is 3.57. The highest BCUT2D eigenvalue weighted by molar-refractivity contribution is 5.36. The molecule has 1 aliphatic rings. The van der Waals surface area contributed by atoms with E-state index in [0.717, 1.165) is 18.1 Å². The Hall–Kier alpha value is -1.35. The highest BCUT2D eigenvalue weighted by Crippen LogP contribution is 2.24. The zero-order chi connectivity index (χ0) is 13.0. The highest BCUT2D eigenvalue weighted by atomic mass is 16.5. The van der Waals surface area contributed by atoms with Gasteiger partial charge in [-0.15, -0.1) is 0 Å². The molecule has 1 saturated carbocycles. The molecule has 1 N–H and O–H groups in total. The number of hydrogen-bond acceptors (Lipinski definition) is 3. The first-order valence-electron chi connectivity index (χ1n) is 6.65. The van der Waals surface area contributed by atoms with E-state index in [1.165, 1.54) is 24.0 Å². The molecule has 0 atom stereocenters. The summed E-state index contributed by atoms with van der Waals surface area (Å²) in [6.07, 6.45) is 6.59. The molecule has 1 aromatic heterocycles. The van der Waals surface area contributed by atoms with E-state index in [9.17, 15) is 0 Å². The first-order chi connectivity index (χ1) is 8.70. The summed E-state index contributed by atoms with van der Waals surface area (Å²) in [6, 6.07) is 2.82. The predicted molar refractivity (Wildman–Crippen MR) is 73.9 cm³/mol. The molecule has 1 aromatic rings. The number of hydrogen-bond donors (Lipinski definition) is 1. The number of nitrogens with zero attached hydrogens (tertiary/aromatic N) is 1. The molecule has 0 aliphatic heterocycles. The van der Waals surface area contributed by atoms with E-state index in [0.29, 0.717) is 12.6 Å². The minimum Gasteiger partial charge on any atom is -0.473 e. The van der Waals surface area contributed by atoms with Crippen molar-refractivity contribution in [3.8, 4) is 5.88 Å². The summed E-state index contributed by atoms with van der Waals surface area (Å²) in [5.41, 5.74) is 3.46. The Morgan fingerprint density at radius 1 is 1.44 bits per heavy atom. The second-order valence-corrected chi connectivity index (χ2v) is 4.90. The number of aromatic nitrogens is 1. The molecule has 0 saturated heterocycles. The molecule has 18 heavy (non-hydrogen) atoms. The number of pyridine rings is 1. The minimum absolute atomic E-state index is 0.586. The van der Waals surface area contributed by atoms with Gasteiger partial charge in [-0.25, -0.2) is 4.98 Å². The molecular formula is C15H22N2O. The Bertz CT molecular complexity index is 436. The Morgan fingerprint density at radius 2 is 2.22 bits per heavy atom. The molecule has 0 aromatic carbocycles. The Balaban J connectivity index is 2.11. The molecule has 0 radical (unpaired) electrons. The van der Waals surface area contributed by atoms with Crippen LogP contribution in [0, 0.1) is 13.8 Å². The third-order valence-corrected chi connectivity index (χ3v) is 3.13. The van der Waals surface area contributed by atoms with E-state index in [1.54, 1.807) is 0 Å². The largest absolute Gasteiger partial charge is 0.473 e. The van der Waals surface area contributed by atoms with Gasteiger partial charge in [-0.3, -0.25) is 0 Å². The van der Waals surface area contributed by atoms with Crippen molar-refractivity contribution in [2.24, 2.45) is 0 Å². The zero-order valence-electron chi connectivity index (χ0n) is 11.5. The molecule has 0 spiro atoms. The van der Waals surface area contributed by atoms with Crippen LogP contribution in [0.4, 0.5) is 0 Å². The average Bonchev–Trinajstić information content (AvgIpc) is 3.12. The van der Waals surface area contributed by atoms with Crippen molar-refractivity contribution in [3.05, 3.63) is 35.0 Å². The number of rotatable bonds is 6. The van der Waals surface area contributed by atoms with E-state index < -0.39 is 0 Å². The van der Waals surface area contributed by atoms with Gasteiger partial charge in [0.2, 0.25) is 5.88 Å². The van der Waals surface area contributed by atoms with Crippen LogP contribution in [-0.2, 0) is 6.54 Å². The minimum atomic E-state index is 0.586. The van der Waals surface area contributed by atoms with Gasteiger partial charge in [0.05, 0.1) is 0 Å². The molecule has 0 amide bonds. The van der Waals surface area contributed by atoms with Gasteiger partial charge in [-0.05, 0) is 45.2 Å². The molecule has 0 unspecified atom stereocenters. The van der Waals surface area contributed by atoms with Gasteiger partial charge in [-0.2, -0.15) is 0 Å². The van der Waals surface area contributed by atoms with Crippen LogP contribution in [0.2, 0.25) is 0 Å². The van der Waals surface area contributed by atoms with Crippen LogP contribution in [-0.4, -0.2) is 17.6 Å². The van der Waals surface area contributed by atoms with Crippen LogP contribution < -0.4 is 10.1 Å². The molecule has 1 fully saturated rings. The standard InChI is InChI=1S/C15H22N2O/c1-4-5-8-18-15-14(10-16-13-6-7-13)11(2)9-12(3)17-15/h4-5,9,13,16H,6-8,10H2,1-3H3. The summed E-state index contributed by atoms with van der Waals surface area (Å²) in [4.78, 5) is 4.51. The van der Waals surface area contributed by atoms with Gasteiger partial charge >= 0.3 is 0 Å². The fraction of sp³-hybridized carbons (Fsp3) is 0.533. The lowest BCUT2D eigenvalue weighted by Crippen LogP contribution is -2.17. The van der Waals surface area contributed by atoms with Crippen LogP contribution in [0.3, 0.4) is 0 Å². The quantitative estimate of drug-likeness (QED) is 0.784. The first-order valence-corrected chi connectivity index (χ1v) is 6.65. The van der Waals surface area contributed by atoms with Crippen LogP contribution in [0.15, 0.2) is 18.2 Å². The van der Waals surface area contributed by atoms with Crippen LogP contribution >= 0.6 is 0 Å². The third-order valence-electron chi connectivity index (χ3n) is 3.13. The lowest BCUT2D eigenvalue weighted by Gasteiger charge is -2.13. The topological polar surface area (TPSA) is 34.1 Å². The maximum Gasteiger partial charge on any atom is 0.218 e. The average molecular weight is 246 g/mol. The number of ether oxygens (including phenoxy) is 1. The van der Waals surface area contributed by atoms with Crippen LogP contribution in [0.5, 0.6) is 5.88 Å². The maximum atomic E-state index is 5.75. The maximum absolute atomic E-state index is 5.75. The predicted octanol–water partition coefficient (Wildman–Crippen LogP) is 2.91. The van der Waals surface area contributed by atoms with Crippen molar-refractivity contribution >= 4 is 0 Å². The molecule has 3 heteroatoms. The summed E-state index contributed by atoms with van der Waals surface area (Å²) in [5.74, 6) is 0.777. The van der Waals surface area contributed by atoms with E-state index in [2.05, 4.69) is 23.3 Å². The van der Waals surface area contributed by atoms with Crippen molar-refractivity contribution in [3.63, 3.8) is 0 Å². The van der Waals surface area contributed by atoms with Crippen molar-refractivity contribution in [1.82, 2.24) is 10.3 Å². The summed E-state index contributed by atoms with van der Waals surface area (Å²) in [5, 5.41) is 3.53. The van der Waals surface area contributed by atoms with Gasteiger partial charge in [0.25, 0.3) is 0 Å². The number of aryl methyl sites for hydroxylation is 2. The van der Waals surface area contributed by atoms with E-state index in [4.69, 9.17) is 4.74 Å². The van der Waals surface area contributed by atoms with Gasteiger partial charge < -0.3 is 10.1 Å². The molecule has 1 heterocycles. The number of allylic oxidation sites excluding steroid dienone is 1. The second-order valence-electron chi connectivity index (χ2n) is 4.90. The summed E-state index contributed by atoms with van der Waals surface area (Å²) >= 11 is 0. The molecular weight excluding hydrogens is 224 g/mol. The Kier molecular flexibility index (Phi) is 4.37. The molecule has 1 aliphatic carbocycles. The van der Waals surface area contributed by atoms with Crippen LogP contribution in [0.25, 0.3) is 0 Å². The fourth-order valence-electron chi connectivity index (χ4n) is 1.92. The zero-order valence-corrected chi connectivity index (χ0v) is 11.5. The fourth-order valence-corrected chi connectivity index (χ4v) is 1.92. The first kappa shape index (κ1) is 13.1. The van der Waals surface area contributed by atoms with E-state index in [1.807, 2.05) is 26.0 Å². The molecule has 0 bridgehead atoms. The highest BCUT2D eigenvalue weighted by Gasteiger charge is 2.21. The Labute approximate surface area is 109 Å². The lowest BCUT2D eigenvalue weighted by atomic mass is 10.1. The smallest absolute Gasteiger partial charge is 0.218 e. The second kappa shape index (κ2) is 6.01. The number of nitrogens with one attached hydrogen (secondary N) is 1. The molecule has 2 rings (SSSR count). The Morgan fingerprint density at radius 3 is 2.89 bits per heavy atom. The van der Waals surface area contributed by atoms with Crippen molar-refractivity contribution in [1.29, 1.82) is 0 Å². The SMILES string of the molecule is CC=CCOc1nc(C)cc(C)c1CNC1CC1. The van der Waals surface area contributed by atoms with Crippen molar-refractivity contribution < 1.29 is 4.74 Å². The normalized spacial score (nSPS) is 15.3.